The molecule has 1 atom stereocenters. The number of nitrogens with one attached hydrogen (secondary N) is 1. The molecule has 0 aliphatic carbocycles. The number of hydrogen-bond acceptors (Lipinski definition) is 7. The molecule has 2 aromatic carbocycles. The number of amides is 1. The minimum Gasteiger partial charge on any atom is -0.497 e. The van der Waals surface area contributed by atoms with E-state index in [1.54, 1.807) is 37.4 Å². The van der Waals surface area contributed by atoms with Gasteiger partial charge in [-0.05, 0) is 43.3 Å². The molecular formula is C21H21N5O3S. The first-order valence-corrected chi connectivity index (χ1v) is 10.1. The Balaban J connectivity index is 1.57. The van der Waals surface area contributed by atoms with E-state index < -0.39 is 0 Å². The highest BCUT2D eigenvalue weighted by atomic mass is 32.2. The lowest BCUT2D eigenvalue weighted by atomic mass is 10.2. The third-order valence-electron chi connectivity index (χ3n) is 4.22. The Labute approximate surface area is 178 Å². The lowest BCUT2D eigenvalue weighted by molar-refractivity contribution is -0.113. The van der Waals surface area contributed by atoms with Gasteiger partial charge in [0.1, 0.15) is 11.5 Å². The van der Waals surface area contributed by atoms with Crippen LogP contribution in [0.2, 0.25) is 0 Å². The number of hydrogen-bond donors (Lipinski definition) is 1. The van der Waals surface area contributed by atoms with Gasteiger partial charge < -0.3 is 19.4 Å². The summed E-state index contributed by atoms with van der Waals surface area (Å²) in [6.45, 7) is 1.88. The number of aromatic nitrogens is 3. The van der Waals surface area contributed by atoms with Crippen LogP contribution in [0.3, 0.4) is 0 Å². The van der Waals surface area contributed by atoms with Crippen LogP contribution in [0.5, 0.6) is 11.5 Å². The van der Waals surface area contributed by atoms with Gasteiger partial charge in [-0.1, -0.05) is 17.8 Å². The molecule has 0 saturated carbocycles. The minimum atomic E-state index is -0.337. The Bertz CT molecular complexity index is 1060. The highest BCUT2D eigenvalue weighted by Crippen LogP contribution is 2.26. The Hall–Kier alpha value is -3.51. The van der Waals surface area contributed by atoms with Gasteiger partial charge in [0.25, 0.3) is 0 Å². The Morgan fingerprint density at radius 1 is 1.23 bits per heavy atom. The second-order valence-corrected chi connectivity index (χ2v) is 7.31. The highest BCUT2D eigenvalue weighted by molar-refractivity contribution is 7.99. The van der Waals surface area contributed by atoms with E-state index in [9.17, 15) is 4.79 Å². The average Bonchev–Trinajstić information content (AvgIpc) is 3.13. The van der Waals surface area contributed by atoms with Gasteiger partial charge in [-0.15, -0.1) is 10.2 Å². The summed E-state index contributed by atoms with van der Waals surface area (Å²) in [6.07, 6.45) is -0.337. The standard InChI is InChI=1S/C21H21N5O3S/c1-14(29-18-6-4-5-17(11-18)28-3)20-24-25-21(26(20)2)30-13-19(27)23-16-9-7-15(12-22)8-10-16/h4-11,14H,13H2,1-3H3,(H,23,27). The van der Waals surface area contributed by atoms with Crippen LogP contribution in [0.25, 0.3) is 0 Å². The van der Waals surface area contributed by atoms with Crippen molar-refractivity contribution < 1.29 is 14.3 Å². The summed E-state index contributed by atoms with van der Waals surface area (Å²) >= 11 is 1.28. The van der Waals surface area contributed by atoms with Crippen LogP contribution in [0, 0.1) is 11.3 Å². The predicted molar refractivity (Wildman–Crippen MR) is 114 cm³/mol. The number of carbonyl (C=O) groups excluding carboxylic acids is 1. The minimum absolute atomic E-state index is 0.171. The molecule has 1 amide bonds. The number of rotatable bonds is 8. The first-order valence-electron chi connectivity index (χ1n) is 9.13. The number of ether oxygens (including phenoxy) is 2. The van der Waals surface area contributed by atoms with E-state index in [1.165, 1.54) is 11.8 Å². The van der Waals surface area contributed by atoms with Crippen molar-refractivity contribution in [2.75, 3.05) is 18.2 Å². The number of benzene rings is 2. The smallest absolute Gasteiger partial charge is 0.234 e. The number of nitrogens with zero attached hydrogens (tertiary/aromatic N) is 4. The molecule has 0 aliphatic rings. The zero-order valence-electron chi connectivity index (χ0n) is 16.8. The SMILES string of the molecule is COc1cccc(OC(C)c2nnc(SCC(=O)Nc3ccc(C#N)cc3)n2C)c1. The Morgan fingerprint density at radius 2 is 1.97 bits per heavy atom. The number of carbonyl (C=O) groups is 1. The van der Waals surface area contributed by atoms with Gasteiger partial charge >= 0.3 is 0 Å². The van der Waals surface area contributed by atoms with E-state index in [2.05, 4.69) is 15.5 Å². The summed E-state index contributed by atoms with van der Waals surface area (Å²) < 4.78 is 13.0. The van der Waals surface area contributed by atoms with Crippen LogP contribution < -0.4 is 14.8 Å². The van der Waals surface area contributed by atoms with E-state index in [0.29, 0.717) is 33.7 Å². The van der Waals surface area contributed by atoms with Crippen LogP contribution in [-0.4, -0.2) is 33.5 Å². The van der Waals surface area contributed by atoms with E-state index in [-0.39, 0.29) is 17.8 Å². The van der Waals surface area contributed by atoms with E-state index in [4.69, 9.17) is 14.7 Å². The lowest BCUT2D eigenvalue weighted by Crippen LogP contribution is -2.14. The molecule has 3 aromatic rings. The molecule has 1 aromatic heterocycles. The zero-order chi connectivity index (χ0) is 21.5. The van der Waals surface area contributed by atoms with Gasteiger partial charge in [-0.25, -0.2) is 0 Å². The second kappa shape index (κ2) is 9.80. The molecule has 0 spiro atoms. The molecule has 1 unspecified atom stereocenters. The normalized spacial score (nSPS) is 11.4. The second-order valence-electron chi connectivity index (χ2n) is 6.36. The molecule has 0 fully saturated rings. The monoisotopic (exact) mass is 423 g/mol. The molecule has 0 saturated heterocycles. The fraction of sp³-hybridized carbons (Fsp3) is 0.238. The van der Waals surface area contributed by atoms with Crippen molar-refractivity contribution in [1.82, 2.24) is 14.8 Å². The van der Waals surface area contributed by atoms with Crippen molar-refractivity contribution in [3.63, 3.8) is 0 Å². The van der Waals surface area contributed by atoms with Crippen LogP contribution in [0.4, 0.5) is 5.69 Å². The summed E-state index contributed by atoms with van der Waals surface area (Å²) in [5.41, 5.74) is 1.18. The molecule has 30 heavy (non-hydrogen) atoms. The molecule has 1 N–H and O–H groups in total. The molecule has 0 radical (unpaired) electrons. The number of nitriles is 1. The van der Waals surface area contributed by atoms with Crippen molar-refractivity contribution in [2.24, 2.45) is 7.05 Å². The fourth-order valence-corrected chi connectivity index (χ4v) is 3.41. The maximum atomic E-state index is 12.2. The Kier molecular flexibility index (Phi) is 6.93. The van der Waals surface area contributed by atoms with Crippen LogP contribution in [0.15, 0.2) is 53.7 Å². The first-order chi connectivity index (χ1) is 14.5. The number of thioether (sulfide) groups is 1. The largest absolute Gasteiger partial charge is 0.497 e. The van der Waals surface area contributed by atoms with Crippen LogP contribution in [0.1, 0.15) is 24.4 Å². The Morgan fingerprint density at radius 3 is 2.67 bits per heavy atom. The quantitative estimate of drug-likeness (QED) is 0.553. The molecule has 154 valence electrons. The van der Waals surface area contributed by atoms with Gasteiger partial charge in [0.15, 0.2) is 17.1 Å². The predicted octanol–water partition coefficient (Wildman–Crippen LogP) is 3.57. The molecule has 0 aliphatic heterocycles. The number of anilines is 1. The molecule has 0 bridgehead atoms. The molecule has 8 nitrogen and oxygen atoms in total. The fourth-order valence-electron chi connectivity index (χ4n) is 2.69. The van der Waals surface area contributed by atoms with Crippen molar-refractivity contribution >= 4 is 23.4 Å². The van der Waals surface area contributed by atoms with Gasteiger partial charge in [0, 0.05) is 18.8 Å². The molecule has 3 rings (SSSR count). The van der Waals surface area contributed by atoms with Crippen molar-refractivity contribution in [2.45, 2.75) is 18.2 Å². The van der Waals surface area contributed by atoms with Gasteiger partial charge in [0.2, 0.25) is 5.91 Å². The maximum Gasteiger partial charge on any atom is 0.234 e. The maximum absolute atomic E-state index is 12.2. The van der Waals surface area contributed by atoms with E-state index in [1.807, 2.05) is 42.8 Å². The molecule has 9 heteroatoms. The van der Waals surface area contributed by atoms with Gasteiger partial charge in [-0.2, -0.15) is 5.26 Å². The molecular weight excluding hydrogens is 402 g/mol. The zero-order valence-corrected chi connectivity index (χ0v) is 17.6. The highest BCUT2D eigenvalue weighted by Gasteiger charge is 2.18. The van der Waals surface area contributed by atoms with Crippen molar-refractivity contribution in [1.29, 1.82) is 5.26 Å². The van der Waals surface area contributed by atoms with E-state index >= 15 is 0 Å². The van der Waals surface area contributed by atoms with Crippen molar-refractivity contribution in [3.8, 4) is 17.6 Å². The van der Waals surface area contributed by atoms with Crippen LogP contribution >= 0.6 is 11.8 Å². The topological polar surface area (TPSA) is 102 Å². The van der Waals surface area contributed by atoms with Crippen LogP contribution in [-0.2, 0) is 11.8 Å². The molecule has 1 heterocycles. The first kappa shape index (κ1) is 21.2. The summed E-state index contributed by atoms with van der Waals surface area (Å²) in [5.74, 6) is 2.03. The third kappa shape index (κ3) is 5.30. The average molecular weight is 423 g/mol. The third-order valence-corrected chi connectivity index (χ3v) is 5.24. The lowest BCUT2D eigenvalue weighted by Gasteiger charge is -2.14. The van der Waals surface area contributed by atoms with E-state index in [0.717, 1.165) is 0 Å². The van der Waals surface area contributed by atoms with Crippen molar-refractivity contribution in [3.05, 3.63) is 59.9 Å². The van der Waals surface area contributed by atoms with Gasteiger partial charge in [-0.3, -0.25) is 4.79 Å². The summed E-state index contributed by atoms with van der Waals surface area (Å²) in [7, 11) is 3.44. The van der Waals surface area contributed by atoms with Gasteiger partial charge in [0.05, 0.1) is 24.5 Å². The summed E-state index contributed by atoms with van der Waals surface area (Å²) in [4.78, 5) is 12.2. The number of methoxy groups -OCH3 is 1. The summed E-state index contributed by atoms with van der Waals surface area (Å²) in [6, 6.07) is 16.1. The summed E-state index contributed by atoms with van der Waals surface area (Å²) in [5, 5.41) is 20.6.